The van der Waals surface area contributed by atoms with Gasteiger partial charge in [0.1, 0.15) is 11.9 Å². The van der Waals surface area contributed by atoms with E-state index in [0.29, 0.717) is 43.1 Å². The Balaban J connectivity index is 1.49. The summed E-state index contributed by atoms with van der Waals surface area (Å²) in [5, 5.41) is 2.88. The fraction of sp³-hybridized carbons (Fsp3) is 0.259. The van der Waals surface area contributed by atoms with Crippen LogP contribution in [0.3, 0.4) is 0 Å². The Morgan fingerprint density at radius 1 is 1.03 bits per heavy atom. The molecule has 1 heterocycles. The molecule has 2 amide bonds. The third kappa shape index (κ3) is 6.62. The number of amides is 2. The van der Waals surface area contributed by atoms with Crippen molar-refractivity contribution in [1.29, 1.82) is 0 Å². The molecule has 0 saturated carbocycles. The van der Waals surface area contributed by atoms with E-state index in [-0.39, 0.29) is 23.1 Å². The molecule has 1 saturated heterocycles. The molecule has 1 aliphatic rings. The summed E-state index contributed by atoms with van der Waals surface area (Å²) in [6.07, 6.45) is 1.12. The third-order valence-electron chi connectivity index (χ3n) is 6.36. The van der Waals surface area contributed by atoms with Gasteiger partial charge in [0, 0.05) is 41.7 Å². The summed E-state index contributed by atoms with van der Waals surface area (Å²) in [7, 11) is -3.65. The molecular formula is C27H28FIN4O4S. The predicted molar refractivity (Wildman–Crippen MR) is 153 cm³/mol. The number of hydrogen-bond acceptors (Lipinski definition) is 6. The predicted octanol–water partition coefficient (Wildman–Crippen LogP) is 3.16. The van der Waals surface area contributed by atoms with E-state index in [1.54, 1.807) is 35.2 Å². The molecule has 8 nitrogen and oxygen atoms in total. The minimum absolute atomic E-state index is 0.0738. The van der Waals surface area contributed by atoms with Crippen molar-refractivity contribution in [3.63, 3.8) is 0 Å². The van der Waals surface area contributed by atoms with Crippen molar-refractivity contribution in [2.45, 2.75) is 17.4 Å². The van der Waals surface area contributed by atoms with Crippen molar-refractivity contribution in [2.24, 2.45) is 0 Å². The Morgan fingerprint density at radius 3 is 2.34 bits per heavy atom. The van der Waals surface area contributed by atoms with Gasteiger partial charge in [0.05, 0.1) is 17.0 Å². The van der Waals surface area contributed by atoms with E-state index < -0.39 is 21.7 Å². The van der Waals surface area contributed by atoms with Crippen molar-refractivity contribution >= 4 is 55.6 Å². The second-order valence-corrected chi connectivity index (χ2v) is 12.3. The first kappa shape index (κ1) is 27.8. The number of piperazine rings is 1. The Labute approximate surface area is 235 Å². The molecule has 0 aromatic heterocycles. The van der Waals surface area contributed by atoms with E-state index in [0.717, 1.165) is 21.5 Å². The number of nitrogens with zero attached hydrogens (tertiary/aromatic N) is 2. The fourth-order valence-corrected chi connectivity index (χ4v) is 5.67. The molecule has 1 unspecified atom stereocenters. The van der Waals surface area contributed by atoms with Gasteiger partial charge in [-0.3, -0.25) is 9.59 Å². The molecule has 1 fully saturated rings. The topological polar surface area (TPSA) is 113 Å². The van der Waals surface area contributed by atoms with Crippen LogP contribution in [0.1, 0.15) is 17.2 Å². The van der Waals surface area contributed by atoms with E-state index in [1.807, 2.05) is 23.1 Å². The monoisotopic (exact) mass is 650 g/mol. The smallest absolute Gasteiger partial charge is 0.249 e. The summed E-state index contributed by atoms with van der Waals surface area (Å²) in [6, 6.07) is 17.3. The number of hydrogen-bond donors (Lipinski definition) is 2. The zero-order valence-corrected chi connectivity index (χ0v) is 23.7. The molecule has 0 radical (unpaired) electrons. The van der Waals surface area contributed by atoms with E-state index >= 15 is 0 Å². The van der Waals surface area contributed by atoms with Crippen LogP contribution in [0, 0.1) is 9.39 Å². The Bertz CT molecular complexity index is 1440. The minimum Gasteiger partial charge on any atom is -0.398 e. The molecule has 38 heavy (non-hydrogen) atoms. The Morgan fingerprint density at radius 2 is 1.71 bits per heavy atom. The minimum atomic E-state index is -3.65. The largest absolute Gasteiger partial charge is 0.398 e. The van der Waals surface area contributed by atoms with Gasteiger partial charge in [-0.15, -0.1) is 0 Å². The molecule has 1 atom stereocenters. The number of anilines is 2. The molecule has 3 N–H and O–H groups in total. The van der Waals surface area contributed by atoms with E-state index in [1.165, 1.54) is 12.1 Å². The Kier molecular flexibility index (Phi) is 8.56. The number of carbonyl (C=O) groups is 2. The number of nitrogens with two attached hydrogens (primary N) is 1. The average molecular weight is 651 g/mol. The second kappa shape index (κ2) is 11.7. The molecule has 1 aliphatic heterocycles. The van der Waals surface area contributed by atoms with Crippen molar-refractivity contribution in [2.75, 3.05) is 43.1 Å². The molecule has 0 bridgehead atoms. The van der Waals surface area contributed by atoms with Gasteiger partial charge in [0.15, 0.2) is 9.84 Å². The summed E-state index contributed by atoms with van der Waals surface area (Å²) in [6.45, 7) is 1.34. The highest BCUT2D eigenvalue weighted by Gasteiger charge is 2.31. The lowest BCUT2D eigenvalue weighted by molar-refractivity contribution is -0.136. The number of benzene rings is 3. The summed E-state index contributed by atoms with van der Waals surface area (Å²) in [4.78, 5) is 30.0. The van der Waals surface area contributed by atoms with Crippen molar-refractivity contribution in [3.8, 4) is 0 Å². The van der Waals surface area contributed by atoms with Gasteiger partial charge >= 0.3 is 0 Å². The van der Waals surface area contributed by atoms with Crippen LogP contribution in [0.2, 0.25) is 0 Å². The average Bonchev–Trinajstić information content (AvgIpc) is 2.89. The maximum absolute atomic E-state index is 13.8. The summed E-state index contributed by atoms with van der Waals surface area (Å²) in [5.41, 5.74) is 8.37. The highest BCUT2D eigenvalue weighted by molar-refractivity contribution is 14.1. The van der Waals surface area contributed by atoms with Crippen LogP contribution in [-0.2, 0) is 25.8 Å². The van der Waals surface area contributed by atoms with E-state index in [2.05, 4.69) is 27.9 Å². The quantitative estimate of drug-likeness (QED) is 0.300. The van der Waals surface area contributed by atoms with Gasteiger partial charge < -0.3 is 20.9 Å². The Hall–Kier alpha value is -3.19. The van der Waals surface area contributed by atoms with Crippen LogP contribution in [0.25, 0.3) is 0 Å². The SMILES string of the molecule is CS(=O)(=O)c1cc(F)ccc1N1CCN(C(=O)C(NC(=O)Cc2ccc(I)c(N)c2)c2ccccc2)CC1. The van der Waals surface area contributed by atoms with Gasteiger partial charge in [0.2, 0.25) is 11.8 Å². The summed E-state index contributed by atoms with van der Waals surface area (Å²) < 4.78 is 39.1. The maximum atomic E-state index is 13.8. The number of nitrogens with one attached hydrogen (secondary N) is 1. The second-order valence-electron chi connectivity index (χ2n) is 9.14. The fourth-order valence-electron chi connectivity index (χ4n) is 4.43. The van der Waals surface area contributed by atoms with Crippen molar-refractivity contribution < 1.29 is 22.4 Å². The first-order valence-electron chi connectivity index (χ1n) is 11.9. The maximum Gasteiger partial charge on any atom is 0.249 e. The van der Waals surface area contributed by atoms with Crippen molar-refractivity contribution in [3.05, 3.63) is 87.2 Å². The molecule has 4 rings (SSSR count). The number of halogens is 2. The van der Waals surface area contributed by atoms with Crippen LogP contribution in [0.5, 0.6) is 0 Å². The van der Waals surface area contributed by atoms with E-state index in [9.17, 15) is 22.4 Å². The van der Waals surface area contributed by atoms with Crippen LogP contribution in [0.15, 0.2) is 71.6 Å². The highest BCUT2D eigenvalue weighted by atomic mass is 127. The molecule has 11 heteroatoms. The van der Waals surface area contributed by atoms with Gasteiger partial charge in [-0.2, -0.15) is 0 Å². The van der Waals surface area contributed by atoms with Gasteiger partial charge in [0.25, 0.3) is 0 Å². The zero-order valence-electron chi connectivity index (χ0n) is 20.7. The summed E-state index contributed by atoms with van der Waals surface area (Å²) in [5.74, 6) is -1.19. The zero-order chi connectivity index (χ0) is 27.4. The van der Waals surface area contributed by atoms with Gasteiger partial charge in [-0.1, -0.05) is 36.4 Å². The lowest BCUT2D eigenvalue weighted by Gasteiger charge is -2.38. The van der Waals surface area contributed by atoms with Crippen LogP contribution < -0.4 is 16.0 Å². The summed E-state index contributed by atoms with van der Waals surface area (Å²) >= 11 is 2.12. The third-order valence-corrected chi connectivity index (χ3v) is 8.47. The lowest BCUT2D eigenvalue weighted by Crippen LogP contribution is -2.52. The van der Waals surface area contributed by atoms with Crippen molar-refractivity contribution in [1.82, 2.24) is 10.2 Å². The molecular weight excluding hydrogens is 622 g/mol. The van der Waals surface area contributed by atoms with Crippen LogP contribution in [0.4, 0.5) is 15.8 Å². The molecule has 0 aliphatic carbocycles. The standard InChI is InChI=1S/C27H28FIN4O4S/c1-38(36,37)24-17-20(28)8-10-23(24)32-11-13-33(14-12-32)27(35)26(19-5-3-2-4-6-19)31-25(34)16-18-7-9-21(29)22(30)15-18/h2-10,15,17,26H,11-14,16,30H2,1H3,(H,31,34). The molecule has 3 aromatic carbocycles. The number of rotatable bonds is 7. The van der Waals surface area contributed by atoms with Gasteiger partial charge in [-0.05, 0) is 64.0 Å². The first-order chi connectivity index (χ1) is 18.0. The number of carbonyl (C=O) groups excluding carboxylic acids is 2. The number of sulfone groups is 1. The lowest BCUT2D eigenvalue weighted by atomic mass is 10.0. The molecule has 3 aromatic rings. The first-order valence-corrected chi connectivity index (χ1v) is 14.9. The molecule has 0 spiro atoms. The van der Waals surface area contributed by atoms with Crippen LogP contribution >= 0.6 is 22.6 Å². The van der Waals surface area contributed by atoms with E-state index in [4.69, 9.17) is 5.73 Å². The number of nitrogen functional groups attached to an aromatic ring is 1. The van der Waals surface area contributed by atoms with Gasteiger partial charge in [-0.25, -0.2) is 12.8 Å². The molecule has 200 valence electrons. The highest BCUT2D eigenvalue weighted by Crippen LogP contribution is 2.28. The normalized spacial score (nSPS) is 14.7. The van der Waals surface area contributed by atoms with Crippen LogP contribution in [-0.4, -0.2) is 57.6 Å².